The van der Waals surface area contributed by atoms with Crippen LogP contribution < -0.4 is 10.6 Å². The third-order valence-corrected chi connectivity index (χ3v) is 2.75. The van der Waals surface area contributed by atoms with E-state index in [0.717, 1.165) is 6.54 Å². The summed E-state index contributed by atoms with van der Waals surface area (Å²) >= 11 is 0. The first-order chi connectivity index (χ1) is 8.04. The van der Waals surface area contributed by atoms with Crippen LogP contribution in [0.15, 0.2) is 0 Å². The number of aliphatic carboxylic acids is 1. The molecule has 3 N–H and O–H groups in total. The van der Waals surface area contributed by atoms with E-state index in [1.807, 2.05) is 6.92 Å². The zero-order chi connectivity index (χ0) is 12.8. The van der Waals surface area contributed by atoms with Gasteiger partial charge in [-0.05, 0) is 13.5 Å². The van der Waals surface area contributed by atoms with E-state index < -0.39 is 5.97 Å². The molecule has 1 saturated heterocycles. The molecule has 17 heavy (non-hydrogen) atoms. The number of amides is 1. The number of hydrogen-bond acceptors (Lipinski definition) is 4. The van der Waals surface area contributed by atoms with Crippen molar-refractivity contribution in [3.8, 4) is 0 Å². The average Bonchev–Trinajstić information content (AvgIpc) is 2.64. The van der Waals surface area contributed by atoms with Gasteiger partial charge in [0.25, 0.3) is 0 Å². The van der Waals surface area contributed by atoms with E-state index >= 15 is 0 Å². The second-order valence-corrected chi connectivity index (χ2v) is 4.32. The Morgan fingerprint density at radius 3 is 2.76 bits per heavy atom. The van der Waals surface area contributed by atoms with Crippen molar-refractivity contribution < 1.29 is 19.4 Å². The lowest BCUT2D eigenvalue weighted by Crippen LogP contribution is -2.46. The Hall–Kier alpha value is -1.14. The monoisotopic (exact) mass is 244 g/mol. The lowest BCUT2D eigenvalue weighted by atomic mass is 10.0. The van der Waals surface area contributed by atoms with E-state index in [2.05, 4.69) is 10.6 Å². The summed E-state index contributed by atoms with van der Waals surface area (Å²) in [5.74, 6) is -1.28. The summed E-state index contributed by atoms with van der Waals surface area (Å²) in [6.45, 7) is 5.36. The third kappa shape index (κ3) is 4.32. The van der Waals surface area contributed by atoms with Crippen LogP contribution in [0.1, 0.15) is 20.3 Å². The van der Waals surface area contributed by atoms with Gasteiger partial charge in [0.05, 0.1) is 25.6 Å². The Bertz CT molecular complexity index is 283. The van der Waals surface area contributed by atoms with Gasteiger partial charge in [0.15, 0.2) is 0 Å². The molecule has 0 spiro atoms. The van der Waals surface area contributed by atoms with Gasteiger partial charge in [0.2, 0.25) is 5.91 Å². The smallest absolute Gasteiger partial charge is 0.305 e. The maximum atomic E-state index is 11.9. The lowest BCUT2D eigenvalue weighted by molar-refractivity contribution is -0.137. The van der Waals surface area contributed by atoms with Crippen molar-refractivity contribution in [2.75, 3.05) is 19.8 Å². The Labute approximate surface area is 101 Å². The third-order valence-electron chi connectivity index (χ3n) is 2.75. The predicted octanol–water partition coefficient (Wildman–Crippen LogP) is -0.410. The molecule has 3 unspecified atom stereocenters. The highest BCUT2D eigenvalue weighted by Crippen LogP contribution is 2.14. The fourth-order valence-electron chi connectivity index (χ4n) is 1.94. The van der Waals surface area contributed by atoms with E-state index in [0.29, 0.717) is 13.2 Å². The normalized spacial score (nSPS) is 25.5. The summed E-state index contributed by atoms with van der Waals surface area (Å²) in [7, 11) is 0. The van der Waals surface area contributed by atoms with Gasteiger partial charge in [0, 0.05) is 12.1 Å². The van der Waals surface area contributed by atoms with Crippen LogP contribution in [0.4, 0.5) is 0 Å². The highest BCUT2D eigenvalue weighted by molar-refractivity contribution is 5.80. The summed E-state index contributed by atoms with van der Waals surface area (Å²) in [6, 6.07) is -0.333. The molecule has 6 nitrogen and oxygen atoms in total. The SMILES string of the molecule is CCNC1COCC1C(=O)NC(C)CC(=O)O. The lowest BCUT2D eigenvalue weighted by Gasteiger charge is -2.20. The highest BCUT2D eigenvalue weighted by Gasteiger charge is 2.33. The first-order valence-electron chi connectivity index (χ1n) is 5.87. The summed E-state index contributed by atoms with van der Waals surface area (Å²) in [6.07, 6.45) is -0.0643. The summed E-state index contributed by atoms with van der Waals surface area (Å²) < 4.78 is 5.27. The molecule has 1 aliphatic rings. The molecule has 0 radical (unpaired) electrons. The molecule has 1 amide bonds. The van der Waals surface area contributed by atoms with Crippen LogP contribution in [0.5, 0.6) is 0 Å². The zero-order valence-electron chi connectivity index (χ0n) is 10.2. The first kappa shape index (κ1) is 13.9. The highest BCUT2D eigenvalue weighted by atomic mass is 16.5. The van der Waals surface area contributed by atoms with E-state index in [4.69, 9.17) is 9.84 Å². The molecule has 0 aromatic heterocycles. The van der Waals surface area contributed by atoms with Gasteiger partial charge in [-0.2, -0.15) is 0 Å². The molecule has 0 aromatic carbocycles. The molecular formula is C11H20N2O4. The zero-order valence-corrected chi connectivity index (χ0v) is 10.2. The number of ether oxygens (including phenoxy) is 1. The van der Waals surface area contributed by atoms with Crippen molar-refractivity contribution in [1.82, 2.24) is 10.6 Å². The first-order valence-corrected chi connectivity index (χ1v) is 5.87. The molecule has 3 atom stereocenters. The fraction of sp³-hybridized carbons (Fsp3) is 0.818. The van der Waals surface area contributed by atoms with Crippen LogP contribution in [-0.4, -0.2) is 48.8 Å². The molecule has 6 heteroatoms. The van der Waals surface area contributed by atoms with Crippen LogP contribution in [-0.2, 0) is 14.3 Å². The number of carboxylic acids is 1. The van der Waals surface area contributed by atoms with E-state index in [1.54, 1.807) is 6.92 Å². The topological polar surface area (TPSA) is 87.7 Å². The van der Waals surface area contributed by atoms with E-state index in [1.165, 1.54) is 0 Å². The molecule has 1 aliphatic heterocycles. The van der Waals surface area contributed by atoms with Crippen molar-refractivity contribution in [1.29, 1.82) is 0 Å². The number of hydrogen-bond donors (Lipinski definition) is 3. The van der Waals surface area contributed by atoms with Crippen molar-refractivity contribution in [2.45, 2.75) is 32.4 Å². The van der Waals surface area contributed by atoms with Gasteiger partial charge in [-0.3, -0.25) is 9.59 Å². The van der Waals surface area contributed by atoms with Crippen molar-refractivity contribution in [3.05, 3.63) is 0 Å². The Balaban J connectivity index is 2.43. The number of likely N-dealkylation sites (N-methyl/N-ethyl adjacent to an activating group) is 1. The molecule has 0 aromatic rings. The van der Waals surface area contributed by atoms with Gasteiger partial charge in [-0.15, -0.1) is 0 Å². The number of carbonyl (C=O) groups excluding carboxylic acids is 1. The second kappa shape index (κ2) is 6.56. The minimum atomic E-state index is -0.913. The predicted molar refractivity (Wildman–Crippen MR) is 61.6 cm³/mol. The average molecular weight is 244 g/mol. The number of carboxylic acid groups (broad SMARTS) is 1. The number of rotatable bonds is 6. The Morgan fingerprint density at radius 2 is 2.18 bits per heavy atom. The largest absolute Gasteiger partial charge is 0.481 e. The Morgan fingerprint density at radius 1 is 1.47 bits per heavy atom. The number of carbonyl (C=O) groups is 2. The molecule has 1 heterocycles. The van der Waals surface area contributed by atoms with Gasteiger partial charge in [-0.25, -0.2) is 0 Å². The summed E-state index contributed by atoms with van der Waals surface area (Å²) in [5.41, 5.74) is 0. The van der Waals surface area contributed by atoms with Crippen LogP contribution in [0.2, 0.25) is 0 Å². The van der Waals surface area contributed by atoms with E-state index in [-0.39, 0.29) is 30.3 Å². The minimum Gasteiger partial charge on any atom is -0.481 e. The fourth-order valence-corrected chi connectivity index (χ4v) is 1.94. The molecule has 1 rings (SSSR count). The van der Waals surface area contributed by atoms with Gasteiger partial charge >= 0.3 is 5.97 Å². The molecule has 0 aliphatic carbocycles. The van der Waals surface area contributed by atoms with Crippen LogP contribution >= 0.6 is 0 Å². The quantitative estimate of drug-likeness (QED) is 0.591. The Kier molecular flexibility index (Phi) is 5.37. The van der Waals surface area contributed by atoms with Gasteiger partial charge < -0.3 is 20.5 Å². The van der Waals surface area contributed by atoms with Crippen molar-refractivity contribution in [3.63, 3.8) is 0 Å². The maximum absolute atomic E-state index is 11.9. The van der Waals surface area contributed by atoms with Crippen molar-refractivity contribution >= 4 is 11.9 Å². The second-order valence-electron chi connectivity index (χ2n) is 4.32. The molecule has 0 bridgehead atoms. The molecule has 0 saturated carbocycles. The summed E-state index contributed by atoms with van der Waals surface area (Å²) in [4.78, 5) is 22.4. The van der Waals surface area contributed by atoms with Crippen molar-refractivity contribution in [2.24, 2.45) is 5.92 Å². The molecular weight excluding hydrogens is 224 g/mol. The maximum Gasteiger partial charge on any atom is 0.305 e. The van der Waals surface area contributed by atoms with Crippen LogP contribution in [0.3, 0.4) is 0 Å². The molecule has 1 fully saturated rings. The molecule has 98 valence electrons. The summed E-state index contributed by atoms with van der Waals surface area (Å²) in [5, 5.41) is 14.5. The minimum absolute atomic E-state index is 0.0250. The van der Waals surface area contributed by atoms with Crippen LogP contribution in [0, 0.1) is 5.92 Å². The van der Waals surface area contributed by atoms with E-state index in [9.17, 15) is 9.59 Å². The van der Waals surface area contributed by atoms with Crippen LogP contribution in [0.25, 0.3) is 0 Å². The standard InChI is InChI=1S/C11H20N2O4/c1-3-12-9-6-17-5-8(9)11(16)13-7(2)4-10(14)15/h7-9,12H,3-6H2,1-2H3,(H,13,16)(H,14,15). The van der Waals surface area contributed by atoms with Gasteiger partial charge in [0.1, 0.15) is 0 Å². The number of nitrogens with one attached hydrogen (secondary N) is 2. The van der Waals surface area contributed by atoms with Gasteiger partial charge in [-0.1, -0.05) is 6.92 Å².